The number of rotatable bonds is 4. The Morgan fingerprint density at radius 2 is 2.10 bits per heavy atom. The maximum atomic E-state index is 14.1. The highest BCUT2D eigenvalue weighted by Crippen LogP contribution is 2.26. The van der Waals surface area contributed by atoms with E-state index >= 15 is 0 Å². The first kappa shape index (κ1) is 13.6. The molecule has 1 unspecified atom stereocenters. The Hall–Kier alpha value is -2.34. The summed E-state index contributed by atoms with van der Waals surface area (Å²) < 4.78 is 34.3. The van der Waals surface area contributed by atoms with Crippen molar-refractivity contribution in [3.8, 4) is 0 Å². The minimum Gasteiger partial charge on any atom is -0.382 e. The molecule has 21 heavy (non-hydrogen) atoms. The SMILES string of the molecule is COCC(c1cc(F)ccc1F)n1ncc2ccncc21. The molecule has 0 N–H and O–H groups in total. The van der Waals surface area contributed by atoms with Gasteiger partial charge in [0.15, 0.2) is 0 Å². The van der Waals surface area contributed by atoms with E-state index in [2.05, 4.69) is 10.1 Å². The third-order valence-electron chi connectivity index (χ3n) is 3.34. The summed E-state index contributed by atoms with van der Waals surface area (Å²) in [5, 5.41) is 5.15. The van der Waals surface area contributed by atoms with Gasteiger partial charge in [0, 0.05) is 24.3 Å². The molecule has 0 amide bonds. The van der Waals surface area contributed by atoms with Crippen LogP contribution in [0.25, 0.3) is 10.9 Å². The molecule has 1 atom stereocenters. The summed E-state index contributed by atoms with van der Waals surface area (Å²) in [6, 6.07) is 4.61. The molecule has 0 saturated carbocycles. The molecule has 2 aromatic heterocycles. The van der Waals surface area contributed by atoms with E-state index in [1.54, 1.807) is 23.3 Å². The van der Waals surface area contributed by atoms with Crippen LogP contribution in [0.3, 0.4) is 0 Å². The molecule has 3 aromatic rings. The van der Waals surface area contributed by atoms with Crippen LogP contribution in [0.1, 0.15) is 11.6 Å². The molecular formula is C15H13F2N3O. The quantitative estimate of drug-likeness (QED) is 0.741. The van der Waals surface area contributed by atoms with E-state index < -0.39 is 17.7 Å². The Kier molecular flexibility index (Phi) is 3.62. The standard InChI is InChI=1S/C15H13F2N3O/c1-21-9-15(12-6-11(16)2-3-13(12)17)20-14-8-18-5-4-10(14)7-19-20/h2-8,15H,9H2,1H3. The van der Waals surface area contributed by atoms with Crippen molar-refractivity contribution in [3.63, 3.8) is 0 Å². The zero-order valence-electron chi connectivity index (χ0n) is 11.3. The van der Waals surface area contributed by atoms with Crippen molar-refractivity contribution in [2.75, 3.05) is 13.7 Å². The van der Waals surface area contributed by atoms with Gasteiger partial charge in [-0.1, -0.05) is 0 Å². The van der Waals surface area contributed by atoms with E-state index in [9.17, 15) is 8.78 Å². The van der Waals surface area contributed by atoms with Gasteiger partial charge < -0.3 is 4.74 Å². The first-order chi connectivity index (χ1) is 10.2. The molecule has 1 aromatic carbocycles. The molecule has 4 nitrogen and oxygen atoms in total. The van der Waals surface area contributed by atoms with E-state index in [0.29, 0.717) is 0 Å². The minimum atomic E-state index is -0.563. The lowest BCUT2D eigenvalue weighted by Crippen LogP contribution is -2.19. The average Bonchev–Trinajstić information content (AvgIpc) is 2.91. The fraction of sp³-hybridized carbons (Fsp3) is 0.200. The lowest BCUT2D eigenvalue weighted by molar-refractivity contribution is 0.164. The van der Waals surface area contributed by atoms with Crippen LogP contribution >= 0.6 is 0 Å². The van der Waals surface area contributed by atoms with E-state index in [1.165, 1.54) is 13.2 Å². The summed E-state index contributed by atoms with van der Waals surface area (Å²) >= 11 is 0. The van der Waals surface area contributed by atoms with Crippen molar-refractivity contribution in [1.82, 2.24) is 14.8 Å². The Balaban J connectivity index is 2.15. The van der Waals surface area contributed by atoms with Crippen LogP contribution in [0.2, 0.25) is 0 Å². The van der Waals surface area contributed by atoms with Crippen LogP contribution in [0.5, 0.6) is 0 Å². The summed E-state index contributed by atoms with van der Waals surface area (Å²) in [7, 11) is 1.51. The van der Waals surface area contributed by atoms with Gasteiger partial charge >= 0.3 is 0 Å². The molecule has 0 spiro atoms. The van der Waals surface area contributed by atoms with Gasteiger partial charge in [-0.05, 0) is 24.3 Å². The minimum absolute atomic E-state index is 0.173. The lowest BCUT2D eigenvalue weighted by atomic mass is 10.1. The number of pyridine rings is 1. The number of hydrogen-bond donors (Lipinski definition) is 0. The van der Waals surface area contributed by atoms with Gasteiger partial charge in [0.05, 0.1) is 24.5 Å². The van der Waals surface area contributed by atoms with Gasteiger partial charge in [-0.25, -0.2) is 8.78 Å². The number of methoxy groups -OCH3 is 1. The second-order valence-electron chi connectivity index (χ2n) is 4.66. The fourth-order valence-electron chi connectivity index (χ4n) is 2.35. The van der Waals surface area contributed by atoms with Crippen molar-refractivity contribution in [2.24, 2.45) is 0 Å². The fourth-order valence-corrected chi connectivity index (χ4v) is 2.35. The third-order valence-corrected chi connectivity index (χ3v) is 3.34. The van der Waals surface area contributed by atoms with E-state index in [4.69, 9.17) is 4.74 Å². The van der Waals surface area contributed by atoms with Crippen LogP contribution in [0.4, 0.5) is 8.78 Å². The lowest BCUT2D eigenvalue weighted by Gasteiger charge is -2.19. The largest absolute Gasteiger partial charge is 0.382 e. The molecular weight excluding hydrogens is 276 g/mol. The van der Waals surface area contributed by atoms with Gasteiger partial charge in [-0.3, -0.25) is 9.67 Å². The number of benzene rings is 1. The number of halogens is 2. The zero-order valence-corrected chi connectivity index (χ0v) is 11.3. The molecule has 0 aliphatic heterocycles. The van der Waals surface area contributed by atoms with Crippen LogP contribution in [0, 0.1) is 11.6 Å². The van der Waals surface area contributed by atoms with Crippen LogP contribution in [0.15, 0.2) is 42.9 Å². The van der Waals surface area contributed by atoms with E-state index in [1.807, 2.05) is 6.07 Å². The molecule has 2 heterocycles. The van der Waals surface area contributed by atoms with Gasteiger partial charge in [0.1, 0.15) is 17.7 Å². The maximum absolute atomic E-state index is 14.1. The molecule has 0 saturated heterocycles. The van der Waals surface area contributed by atoms with Crippen molar-refractivity contribution >= 4 is 10.9 Å². The molecule has 0 radical (unpaired) electrons. The Labute approximate surface area is 120 Å². The average molecular weight is 289 g/mol. The summed E-state index contributed by atoms with van der Waals surface area (Å²) in [6.45, 7) is 0.173. The van der Waals surface area contributed by atoms with Crippen LogP contribution < -0.4 is 0 Å². The first-order valence-corrected chi connectivity index (χ1v) is 6.42. The number of nitrogens with zero attached hydrogens (tertiary/aromatic N) is 3. The number of fused-ring (bicyclic) bond motifs is 1. The normalized spacial score (nSPS) is 12.7. The van der Waals surface area contributed by atoms with Gasteiger partial charge in [0.25, 0.3) is 0 Å². The van der Waals surface area contributed by atoms with Crippen molar-refractivity contribution in [1.29, 1.82) is 0 Å². The molecule has 0 bridgehead atoms. The summed E-state index contributed by atoms with van der Waals surface area (Å²) in [4.78, 5) is 4.05. The van der Waals surface area contributed by atoms with Crippen LogP contribution in [-0.2, 0) is 4.74 Å². The number of hydrogen-bond acceptors (Lipinski definition) is 3. The van der Waals surface area contributed by atoms with Crippen molar-refractivity contribution in [2.45, 2.75) is 6.04 Å². The Morgan fingerprint density at radius 3 is 2.90 bits per heavy atom. The first-order valence-electron chi connectivity index (χ1n) is 6.42. The third kappa shape index (κ3) is 2.50. The topological polar surface area (TPSA) is 39.9 Å². The van der Waals surface area contributed by atoms with Gasteiger partial charge in [-0.15, -0.1) is 0 Å². The molecule has 6 heteroatoms. The smallest absolute Gasteiger partial charge is 0.128 e. The highest BCUT2D eigenvalue weighted by molar-refractivity contribution is 5.77. The maximum Gasteiger partial charge on any atom is 0.128 e. The summed E-state index contributed by atoms with van der Waals surface area (Å²) in [5.74, 6) is -0.993. The monoisotopic (exact) mass is 289 g/mol. The molecule has 0 fully saturated rings. The zero-order chi connectivity index (χ0) is 14.8. The Bertz CT molecular complexity index is 772. The Morgan fingerprint density at radius 1 is 1.24 bits per heavy atom. The molecule has 0 aliphatic rings. The van der Waals surface area contributed by atoms with Gasteiger partial charge in [-0.2, -0.15) is 5.10 Å². The number of ether oxygens (including phenoxy) is 1. The van der Waals surface area contributed by atoms with E-state index in [-0.39, 0.29) is 12.2 Å². The highest BCUT2D eigenvalue weighted by atomic mass is 19.1. The van der Waals surface area contributed by atoms with Crippen molar-refractivity contribution in [3.05, 3.63) is 60.1 Å². The highest BCUT2D eigenvalue weighted by Gasteiger charge is 2.21. The molecule has 108 valence electrons. The molecule has 3 rings (SSSR count). The summed E-state index contributed by atoms with van der Waals surface area (Å²) in [6.07, 6.45) is 4.96. The predicted octanol–water partition coefficient (Wildman–Crippen LogP) is 2.95. The van der Waals surface area contributed by atoms with E-state index in [0.717, 1.165) is 23.0 Å². The second kappa shape index (κ2) is 5.57. The molecule has 0 aliphatic carbocycles. The van der Waals surface area contributed by atoms with Gasteiger partial charge in [0.2, 0.25) is 0 Å². The van der Waals surface area contributed by atoms with Crippen molar-refractivity contribution < 1.29 is 13.5 Å². The number of aromatic nitrogens is 3. The predicted molar refractivity (Wildman–Crippen MR) is 73.9 cm³/mol. The summed E-state index contributed by atoms with van der Waals surface area (Å²) in [5.41, 5.74) is 0.939. The second-order valence-corrected chi connectivity index (χ2v) is 4.66. The van der Waals surface area contributed by atoms with Crippen LogP contribution in [-0.4, -0.2) is 28.5 Å².